The van der Waals surface area contributed by atoms with E-state index in [1.165, 1.54) is 6.07 Å². The second kappa shape index (κ2) is 6.76. The van der Waals surface area contributed by atoms with E-state index in [4.69, 9.17) is 15.6 Å². The molecule has 0 saturated carbocycles. The lowest BCUT2D eigenvalue weighted by atomic mass is 10.1. The monoisotopic (exact) mass is 286 g/mol. The van der Waals surface area contributed by atoms with Crippen LogP contribution in [0.2, 0.25) is 0 Å². The van der Waals surface area contributed by atoms with Crippen molar-refractivity contribution in [2.24, 2.45) is 0 Å². The van der Waals surface area contributed by atoms with E-state index >= 15 is 0 Å². The third-order valence-electron chi connectivity index (χ3n) is 3.16. The maximum Gasteiger partial charge on any atom is 0.337 e. The van der Waals surface area contributed by atoms with Gasteiger partial charge in [0.05, 0.1) is 12.2 Å². The number of methoxy groups -OCH3 is 1. The number of para-hydroxylation sites is 1. The van der Waals surface area contributed by atoms with E-state index in [1.807, 2.05) is 24.3 Å². The van der Waals surface area contributed by atoms with Crippen molar-refractivity contribution in [1.82, 2.24) is 0 Å². The standard InChI is InChI=1S/C16H18N2O3/c1-21-9-8-11-4-2-3-5-15(11)18-12-6-7-14(17)13(10-12)16(19)20/h2-7,10,18H,8-9,17H2,1H3,(H,19,20). The molecule has 5 nitrogen and oxygen atoms in total. The fourth-order valence-corrected chi connectivity index (χ4v) is 2.05. The van der Waals surface area contributed by atoms with Gasteiger partial charge in [-0.3, -0.25) is 0 Å². The van der Waals surface area contributed by atoms with Crippen molar-refractivity contribution >= 4 is 23.0 Å². The highest BCUT2D eigenvalue weighted by molar-refractivity contribution is 5.95. The topological polar surface area (TPSA) is 84.6 Å². The molecule has 0 fully saturated rings. The van der Waals surface area contributed by atoms with Gasteiger partial charge in [0, 0.05) is 24.2 Å². The SMILES string of the molecule is COCCc1ccccc1Nc1ccc(N)c(C(=O)O)c1. The zero-order valence-corrected chi connectivity index (χ0v) is 11.8. The van der Waals surface area contributed by atoms with Gasteiger partial charge in [0.1, 0.15) is 0 Å². The largest absolute Gasteiger partial charge is 0.478 e. The molecule has 2 aromatic rings. The summed E-state index contributed by atoms with van der Waals surface area (Å²) in [6.45, 7) is 0.626. The highest BCUT2D eigenvalue weighted by Gasteiger charge is 2.09. The Labute approximate surface area is 123 Å². The van der Waals surface area contributed by atoms with Crippen LogP contribution in [0.5, 0.6) is 0 Å². The molecule has 0 atom stereocenters. The third-order valence-corrected chi connectivity index (χ3v) is 3.16. The van der Waals surface area contributed by atoms with Crippen molar-refractivity contribution < 1.29 is 14.6 Å². The number of nitrogens with two attached hydrogens (primary N) is 1. The minimum atomic E-state index is -1.04. The van der Waals surface area contributed by atoms with Gasteiger partial charge in [0.25, 0.3) is 0 Å². The lowest BCUT2D eigenvalue weighted by Gasteiger charge is -2.13. The Bertz CT molecular complexity index is 641. The van der Waals surface area contributed by atoms with Crippen LogP contribution in [0.3, 0.4) is 0 Å². The van der Waals surface area contributed by atoms with Crippen LogP contribution < -0.4 is 11.1 Å². The molecule has 5 heteroatoms. The van der Waals surface area contributed by atoms with Crippen molar-refractivity contribution in [3.05, 3.63) is 53.6 Å². The number of hydrogen-bond donors (Lipinski definition) is 3. The van der Waals surface area contributed by atoms with E-state index in [0.717, 1.165) is 17.7 Å². The van der Waals surface area contributed by atoms with Gasteiger partial charge in [-0.15, -0.1) is 0 Å². The van der Waals surface area contributed by atoms with Gasteiger partial charge in [0.15, 0.2) is 0 Å². The summed E-state index contributed by atoms with van der Waals surface area (Å²) >= 11 is 0. The first-order chi connectivity index (χ1) is 10.1. The van der Waals surface area contributed by atoms with Crippen LogP contribution in [0.4, 0.5) is 17.1 Å². The number of carboxylic acids is 1. The highest BCUT2D eigenvalue weighted by Crippen LogP contribution is 2.24. The number of nitrogens with one attached hydrogen (secondary N) is 1. The van der Waals surface area contributed by atoms with Crippen LogP contribution in [0.15, 0.2) is 42.5 Å². The Morgan fingerprint density at radius 1 is 1.29 bits per heavy atom. The molecule has 0 bridgehead atoms. The van der Waals surface area contributed by atoms with Crippen LogP contribution in [0.25, 0.3) is 0 Å². The second-order valence-electron chi connectivity index (χ2n) is 4.63. The zero-order valence-electron chi connectivity index (χ0n) is 11.8. The fourth-order valence-electron chi connectivity index (χ4n) is 2.05. The average molecular weight is 286 g/mol. The maximum atomic E-state index is 11.1. The molecule has 0 aliphatic heterocycles. The highest BCUT2D eigenvalue weighted by atomic mass is 16.5. The van der Waals surface area contributed by atoms with Gasteiger partial charge in [-0.1, -0.05) is 18.2 Å². The van der Waals surface area contributed by atoms with Gasteiger partial charge in [-0.2, -0.15) is 0 Å². The Morgan fingerprint density at radius 3 is 2.76 bits per heavy atom. The normalized spacial score (nSPS) is 10.3. The molecule has 21 heavy (non-hydrogen) atoms. The van der Waals surface area contributed by atoms with Gasteiger partial charge in [-0.25, -0.2) is 4.79 Å². The molecule has 110 valence electrons. The lowest BCUT2D eigenvalue weighted by Crippen LogP contribution is -2.04. The summed E-state index contributed by atoms with van der Waals surface area (Å²) in [5.74, 6) is -1.04. The number of aromatic carboxylic acids is 1. The molecule has 0 spiro atoms. The first kappa shape index (κ1) is 14.9. The number of rotatable bonds is 6. The molecule has 0 saturated heterocycles. The minimum Gasteiger partial charge on any atom is -0.478 e. The minimum absolute atomic E-state index is 0.0920. The van der Waals surface area contributed by atoms with Gasteiger partial charge >= 0.3 is 5.97 Å². The Balaban J connectivity index is 2.26. The van der Waals surface area contributed by atoms with Crippen LogP contribution >= 0.6 is 0 Å². The van der Waals surface area contributed by atoms with Gasteiger partial charge < -0.3 is 20.9 Å². The summed E-state index contributed by atoms with van der Waals surface area (Å²) in [7, 11) is 1.66. The van der Waals surface area contributed by atoms with Crippen LogP contribution in [-0.4, -0.2) is 24.8 Å². The molecule has 2 aromatic carbocycles. The van der Waals surface area contributed by atoms with E-state index in [-0.39, 0.29) is 11.3 Å². The van der Waals surface area contributed by atoms with Crippen LogP contribution in [0, 0.1) is 0 Å². The van der Waals surface area contributed by atoms with Crippen molar-refractivity contribution in [3.63, 3.8) is 0 Å². The second-order valence-corrected chi connectivity index (χ2v) is 4.63. The van der Waals surface area contributed by atoms with Crippen molar-refractivity contribution in [2.75, 3.05) is 24.8 Å². The summed E-state index contributed by atoms with van der Waals surface area (Å²) in [5.41, 5.74) is 8.71. The molecular weight excluding hydrogens is 268 g/mol. The molecule has 0 heterocycles. The molecule has 2 rings (SSSR count). The number of carboxylic acid groups (broad SMARTS) is 1. The van der Waals surface area contributed by atoms with Crippen LogP contribution in [-0.2, 0) is 11.2 Å². The number of nitrogen functional groups attached to an aromatic ring is 1. The summed E-state index contributed by atoms with van der Waals surface area (Å²) in [6, 6.07) is 12.7. The zero-order chi connectivity index (χ0) is 15.2. The molecule has 4 N–H and O–H groups in total. The molecule has 0 radical (unpaired) electrons. The smallest absolute Gasteiger partial charge is 0.337 e. The van der Waals surface area contributed by atoms with Gasteiger partial charge in [0.2, 0.25) is 0 Å². The first-order valence-electron chi connectivity index (χ1n) is 6.58. The number of anilines is 3. The van der Waals surface area contributed by atoms with E-state index in [0.29, 0.717) is 12.3 Å². The van der Waals surface area contributed by atoms with E-state index in [1.54, 1.807) is 19.2 Å². The lowest BCUT2D eigenvalue weighted by molar-refractivity contribution is 0.0698. The molecule has 0 aliphatic rings. The Kier molecular flexibility index (Phi) is 4.79. The predicted octanol–water partition coefficient (Wildman–Crippen LogP) is 2.90. The Morgan fingerprint density at radius 2 is 2.05 bits per heavy atom. The molecular formula is C16H18N2O3. The number of carbonyl (C=O) groups is 1. The Hall–Kier alpha value is -2.53. The summed E-state index contributed by atoms with van der Waals surface area (Å²) in [5, 5.41) is 12.3. The number of ether oxygens (including phenoxy) is 1. The summed E-state index contributed by atoms with van der Waals surface area (Å²) in [6.07, 6.45) is 0.778. The average Bonchev–Trinajstić information content (AvgIpc) is 2.48. The van der Waals surface area contributed by atoms with E-state index in [9.17, 15) is 4.79 Å². The molecule has 0 unspecified atom stereocenters. The predicted molar refractivity (Wildman–Crippen MR) is 83.1 cm³/mol. The van der Waals surface area contributed by atoms with E-state index < -0.39 is 5.97 Å². The molecule has 0 amide bonds. The number of benzene rings is 2. The molecule has 0 aliphatic carbocycles. The van der Waals surface area contributed by atoms with Gasteiger partial charge in [-0.05, 0) is 36.2 Å². The number of hydrogen-bond acceptors (Lipinski definition) is 4. The van der Waals surface area contributed by atoms with Crippen LogP contribution in [0.1, 0.15) is 15.9 Å². The van der Waals surface area contributed by atoms with Crippen molar-refractivity contribution in [2.45, 2.75) is 6.42 Å². The first-order valence-corrected chi connectivity index (χ1v) is 6.58. The summed E-state index contributed by atoms with van der Waals surface area (Å²) < 4.78 is 5.10. The van der Waals surface area contributed by atoms with Crippen molar-refractivity contribution in [1.29, 1.82) is 0 Å². The van der Waals surface area contributed by atoms with Crippen molar-refractivity contribution in [3.8, 4) is 0 Å². The third kappa shape index (κ3) is 3.73. The molecule has 0 aromatic heterocycles. The van der Waals surface area contributed by atoms with E-state index in [2.05, 4.69) is 5.32 Å². The fraction of sp³-hybridized carbons (Fsp3) is 0.188. The maximum absolute atomic E-state index is 11.1. The summed E-state index contributed by atoms with van der Waals surface area (Å²) in [4.78, 5) is 11.1. The quantitative estimate of drug-likeness (QED) is 0.711.